The highest BCUT2D eigenvalue weighted by Gasteiger charge is 2.06. The fourth-order valence-electron chi connectivity index (χ4n) is 2.28. The molecule has 0 radical (unpaired) electrons. The lowest BCUT2D eigenvalue weighted by Crippen LogP contribution is -2.16. The molecule has 2 aromatic heterocycles. The number of hydrogen-bond acceptors (Lipinski definition) is 4. The maximum atomic E-state index is 6.11. The van der Waals surface area contributed by atoms with Gasteiger partial charge in [-0.25, -0.2) is 0 Å². The Balaban J connectivity index is 1.53. The molecule has 1 atom stereocenters. The van der Waals surface area contributed by atoms with E-state index in [0.29, 0.717) is 13.2 Å². The minimum absolute atomic E-state index is 0.114. The Morgan fingerprint density at radius 1 is 0.870 bits per heavy atom. The van der Waals surface area contributed by atoms with Gasteiger partial charge < -0.3 is 10.5 Å². The maximum absolute atomic E-state index is 6.11. The van der Waals surface area contributed by atoms with E-state index in [-0.39, 0.29) is 6.04 Å². The fourth-order valence-corrected chi connectivity index (χ4v) is 2.28. The number of aromatic nitrogens is 2. The molecule has 0 spiro atoms. The summed E-state index contributed by atoms with van der Waals surface area (Å²) in [5.74, 6) is 0. The number of benzene rings is 1. The third-order valence-electron chi connectivity index (χ3n) is 3.55. The van der Waals surface area contributed by atoms with Crippen LogP contribution in [-0.4, -0.2) is 16.6 Å². The minimum atomic E-state index is -0.114. The van der Waals surface area contributed by atoms with Gasteiger partial charge in [0, 0.05) is 12.4 Å². The molecule has 116 valence electrons. The molecular formula is C19H19N3O. The summed E-state index contributed by atoms with van der Waals surface area (Å²) in [6, 6.07) is 19.6. The van der Waals surface area contributed by atoms with Gasteiger partial charge in [-0.1, -0.05) is 42.5 Å². The summed E-state index contributed by atoms with van der Waals surface area (Å²) in [6.07, 6.45) is 3.58. The summed E-state index contributed by atoms with van der Waals surface area (Å²) in [7, 11) is 0. The molecule has 0 aliphatic rings. The van der Waals surface area contributed by atoms with Crippen LogP contribution in [0.5, 0.6) is 0 Å². The molecule has 23 heavy (non-hydrogen) atoms. The Hall–Kier alpha value is -2.56. The van der Waals surface area contributed by atoms with E-state index in [1.807, 2.05) is 66.9 Å². The first-order valence-electron chi connectivity index (χ1n) is 7.57. The van der Waals surface area contributed by atoms with Gasteiger partial charge in [0.15, 0.2) is 0 Å². The lowest BCUT2D eigenvalue weighted by molar-refractivity contribution is 0.108. The lowest BCUT2D eigenvalue weighted by atomic mass is 10.1. The zero-order chi connectivity index (χ0) is 15.9. The smallest absolute Gasteiger partial charge is 0.0886 e. The van der Waals surface area contributed by atoms with Gasteiger partial charge >= 0.3 is 0 Å². The third kappa shape index (κ3) is 4.22. The van der Waals surface area contributed by atoms with Crippen molar-refractivity contribution >= 4 is 0 Å². The van der Waals surface area contributed by atoms with E-state index in [1.165, 1.54) is 0 Å². The Bertz CT molecular complexity index is 715. The van der Waals surface area contributed by atoms with Gasteiger partial charge in [0.2, 0.25) is 0 Å². The quantitative estimate of drug-likeness (QED) is 0.758. The second-order valence-corrected chi connectivity index (χ2v) is 5.30. The lowest BCUT2D eigenvalue weighted by Gasteiger charge is -2.12. The van der Waals surface area contributed by atoms with Crippen LogP contribution in [0.1, 0.15) is 17.2 Å². The summed E-state index contributed by atoms with van der Waals surface area (Å²) in [4.78, 5) is 8.72. The predicted molar refractivity (Wildman–Crippen MR) is 90.5 cm³/mol. The number of hydrogen-bond donors (Lipinski definition) is 1. The zero-order valence-corrected chi connectivity index (χ0v) is 12.8. The molecule has 0 amide bonds. The molecule has 0 aliphatic carbocycles. The second kappa shape index (κ2) is 7.63. The SMILES string of the molecule is N[C@H](COCc1ccc(-c2ccccn2)nc1)c1ccccc1. The summed E-state index contributed by atoms with van der Waals surface area (Å²) >= 11 is 0. The number of pyridine rings is 2. The monoisotopic (exact) mass is 305 g/mol. The van der Waals surface area contributed by atoms with Gasteiger partial charge in [0.05, 0.1) is 30.6 Å². The van der Waals surface area contributed by atoms with Crippen LogP contribution in [0.15, 0.2) is 73.1 Å². The van der Waals surface area contributed by atoms with Crippen molar-refractivity contribution in [2.75, 3.05) is 6.61 Å². The minimum Gasteiger partial charge on any atom is -0.375 e. The predicted octanol–water partition coefficient (Wildman–Crippen LogP) is 3.36. The van der Waals surface area contributed by atoms with Crippen molar-refractivity contribution in [1.82, 2.24) is 9.97 Å². The molecule has 1 aromatic carbocycles. The number of nitrogens with two attached hydrogens (primary N) is 1. The highest BCUT2D eigenvalue weighted by atomic mass is 16.5. The van der Waals surface area contributed by atoms with Crippen LogP contribution >= 0.6 is 0 Å². The number of nitrogens with zero attached hydrogens (tertiary/aromatic N) is 2. The molecule has 3 rings (SSSR count). The van der Waals surface area contributed by atoms with E-state index in [4.69, 9.17) is 10.5 Å². The maximum Gasteiger partial charge on any atom is 0.0886 e. The van der Waals surface area contributed by atoms with Crippen LogP contribution in [0.2, 0.25) is 0 Å². The van der Waals surface area contributed by atoms with Gasteiger partial charge in [0.1, 0.15) is 0 Å². The van der Waals surface area contributed by atoms with Crippen molar-refractivity contribution in [3.63, 3.8) is 0 Å². The van der Waals surface area contributed by atoms with Gasteiger partial charge in [0.25, 0.3) is 0 Å². The first-order chi connectivity index (χ1) is 11.3. The molecule has 2 heterocycles. The summed E-state index contributed by atoms with van der Waals surface area (Å²) in [5.41, 5.74) is 9.93. The standard InChI is InChI=1S/C19H19N3O/c20-17(16-6-2-1-3-7-16)14-23-13-15-9-10-19(22-12-15)18-8-4-5-11-21-18/h1-12,17H,13-14,20H2/t17-/m1/s1. The van der Waals surface area contributed by atoms with Crippen LogP contribution in [0.25, 0.3) is 11.4 Å². The van der Waals surface area contributed by atoms with Gasteiger partial charge in [-0.2, -0.15) is 0 Å². The van der Waals surface area contributed by atoms with Crippen molar-refractivity contribution in [1.29, 1.82) is 0 Å². The topological polar surface area (TPSA) is 61.0 Å². The van der Waals surface area contributed by atoms with Crippen LogP contribution in [-0.2, 0) is 11.3 Å². The van der Waals surface area contributed by atoms with Crippen LogP contribution in [0.4, 0.5) is 0 Å². The fraction of sp³-hybridized carbons (Fsp3) is 0.158. The molecule has 0 saturated carbocycles. The van der Waals surface area contributed by atoms with Crippen molar-refractivity contribution in [2.45, 2.75) is 12.6 Å². The average molecular weight is 305 g/mol. The zero-order valence-electron chi connectivity index (χ0n) is 12.8. The molecular weight excluding hydrogens is 286 g/mol. The van der Waals surface area contributed by atoms with E-state index in [2.05, 4.69) is 9.97 Å². The Morgan fingerprint density at radius 2 is 1.65 bits per heavy atom. The highest BCUT2D eigenvalue weighted by Crippen LogP contribution is 2.15. The Kier molecular flexibility index (Phi) is 5.09. The first-order valence-corrected chi connectivity index (χ1v) is 7.57. The van der Waals surface area contributed by atoms with E-state index < -0.39 is 0 Å². The van der Waals surface area contributed by atoms with Crippen molar-refractivity contribution in [2.24, 2.45) is 5.73 Å². The summed E-state index contributed by atoms with van der Waals surface area (Å²) in [6.45, 7) is 0.974. The van der Waals surface area contributed by atoms with Crippen LogP contribution in [0, 0.1) is 0 Å². The van der Waals surface area contributed by atoms with Crippen molar-refractivity contribution in [3.05, 3.63) is 84.2 Å². The van der Waals surface area contributed by atoms with Crippen LogP contribution < -0.4 is 5.73 Å². The van der Waals surface area contributed by atoms with Gasteiger partial charge in [-0.05, 0) is 29.3 Å². The van der Waals surface area contributed by atoms with E-state index in [1.54, 1.807) is 6.20 Å². The summed E-state index contributed by atoms with van der Waals surface area (Å²) < 4.78 is 5.70. The van der Waals surface area contributed by atoms with E-state index in [0.717, 1.165) is 22.5 Å². The molecule has 0 unspecified atom stereocenters. The largest absolute Gasteiger partial charge is 0.375 e. The van der Waals surface area contributed by atoms with Crippen molar-refractivity contribution < 1.29 is 4.74 Å². The number of rotatable bonds is 6. The van der Waals surface area contributed by atoms with Crippen LogP contribution in [0.3, 0.4) is 0 Å². The Morgan fingerprint density at radius 3 is 2.35 bits per heavy atom. The molecule has 0 aliphatic heterocycles. The Labute approximate surface area is 136 Å². The summed E-state index contributed by atoms with van der Waals surface area (Å²) in [5, 5.41) is 0. The second-order valence-electron chi connectivity index (χ2n) is 5.30. The molecule has 2 N–H and O–H groups in total. The normalized spacial score (nSPS) is 12.0. The number of ether oxygens (including phenoxy) is 1. The molecule has 0 fully saturated rings. The highest BCUT2D eigenvalue weighted by molar-refractivity contribution is 5.53. The van der Waals surface area contributed by atoms with E-state index >= 15 is 0 Å². The van der Waals surface area contributed by atoms with E-state index in [9.17, 15) is 0 Å². The third-order valence-corrected chi connectivity index (χ3v) is 3.55. The molecule has 4 heteroatoms. The van der Waals surface area contributed by atoms with Gasteiger partial charge in [-0.3, -0.25) is 9.97 Å². The molecule has 4 nitrogen and oxygen atoms in total. The molecule has 0 bridgehead atoms. The molecule has 0 saturated heterocycles. The first kappa shape index (κ1) is 15.3. The van der Waals surface area contributed by atoms with Gasteiger partial charge in [-0.15, -0.1) is 0 Å². The average Bonchev–Trinajstić information content (AvgIpc) is 2.64. The molecule has 3 aromatic rings. The van der Waals surface area contributed by atoms with Crippen molar-refractivity contribution in [3.8, 4) is 11.4 Å².